The highest BCUT2D eigenvalue weighted by molar-refractivity contribution is 9.10. The van der Waals surface area contributed by atoms with Crippen molar-refractivity contribution < 1.29 is 5.11 Å². The van der Waals surface area contributed by atoms with Gasteiger partial charge in [-0.1, -0.05) is 41.9 Å². The van der Waals surface area contributed by atoms with Crippen molar-refractivity contribution in [3.63, 3.8) is 0 Å². The topological polar surface area (TPSA) is 44.0 Å². The maximum atomic E-state index is 11.1. The Bertz CT molecular complexity index is 519. The van der Waals surface area contributed by atoms with Gasteiger partial charge >= 0.3 is 0 Å². The number of nitrogens with zero attached hydrogens (tertiary/aromatic N) is 1. The van der Waals surface area contributed by atoms with E-state index in [0.29, 0.717) is 11.8 Å². The van der Waals surface area contributed by atoms with Crippen LogP contribution in [0.25, 0.3) is 0 Å². The van der Waals surface area contributed by atoms with Crippen molar-refractivity contribution in [2.45, 2.75) is 52.1 Å². The molecule has 0 saturated heterocycles. The summed E-state index contributed by atoms with van der Waals surface area (Å²) in [6, 6.07) is 10.1. The van der Waals surface area contributed by atoms with Crippen LogP contribution in [0.4, 0.5) is 0 Å². The van der Waals surface area contributed by atoms with Crippen molar-refractivity contribution in [2.24, 2.45) is 17.3 Å². The lowest BCUT2D eigenvalue weighted by atomic mass is 9.59. The molecule has 1 aromatic rings. The van der Waals surface area contributed by atoms with Crippen LogP contribution in [0.1, 0.15) is 52.0 Å². The molecule has 2 nitrogen and oxygen atoms in total. The van der Waals surface area contributed by atoms with Crippen LogP contribution in [0, 0.1) is 28.6 Å². The smallest absolute Gasteiger partial charge is 0.105 e. The summed E-state index contributed by atoms with van der Waals surface area (Å²) in [5.74, 6) is 1.33. The molecule has 2 rings (SSSR count). The summed E-state index contributed by atoms with van der Waals surface area (Å²) < 4.78 is 0.983. The van der Waals surface area contributed by atoms with E-state index in [2.05, 4.69) is 35.8 Å². The van der Waals surface area contributed by atoms with Crippen LogP contribution < -0.4 is 0 Å². The first-order valence-electron chi connectivity index (χ1n) is 7.72. The van der Waals surface area contributed by atoms with Crippen molar-refractivity contribution in [1.82, 2.24) is 0 Å². The molecule has 1 fully saturated rings. The Labute approximate surface area is 136 Å². The second kappa shape index (κ2) is 6.10. The van der Waals surface area contributed by atoms with Crippen molar-refractivity contribution >= 4 is 15.9 Å². The van der Waals surface area contributed by atoms with Gasteiger partial charge in [-0.15, -0.1) is 0 Å². The first-order chi connectivity index (χ1) is 9.82. The maximum absolute atomic E-state index is 11.1. The zero-order valence-electron chi connectivity index (χ0n) is 13.1. The van der Waals surface area contributed by atoms with Crippen LogP contribution in [0.15, 0.2) is 28.7 Å². The number of hydrogen-bond acceptors (Lipinski definition) is 2. The molecule has 21 heavy (non-hydrogen) atoms. The van der Waals surface area contributed by atoms with Gasteiger partial charge < -0.3 is 5.11 Å². The highest BCUT2D eigenvalue weighted by Gasteiger charge is 2.50. The molecule has 1 unspecified atom stereocenters. The first kappa shape index (κ1) is 16.5. The van der Waals surface area contributed by atoms with Gasteiger partial charge in [-0.05, 0) is 62.1 Å². The fourth-order valence-electron chi connectivity index (χ4n) is 3.56. The minimum atomic E-state index is -1.11. The zero-order chi connectivity index (χ0) is 15.7. The molecule has 1 saturated carbocycles. The Morgan fingerprint density at radius 1 is 1.29 bits per heavy atom. The SMILES string of the molecule is CC(C)C1CCC(C#N)(C(C)(O)c2ccc(Br)cc2)CC1. The first-order valence-corrected chi connectivity index (χ1v) is 8.51. The average molecular weight is 350 g/mol. The summed E-state index contributed by atoms with van der Waals surface area (Å²) >= 11 is 3.42. The van der Waals surface area contributed by atoms with Gasteiger partial charge in [0.05, 0.1) is 11.5 Å². The normalized spacial score (nSPS) is 28.9. The summed E-state index contributed by atoms with van der Waals surface area (Å²) in [6.45, 7) is 6.29. The van der Waals surface area contributed by atoms with E-state index in [0.717, 1.165) is 35.7 Å². The number of benzene rings is 1. The molecule has 3 heteroatoms. The van der Waals surface area contributed by atoms with Crippen LogP contribution in [0.3, 0.4) is 0 Å². The second-order valence-corrected chi connectivity index (χ2v) is 7.77. The molecular weight excluding hydrogens is 326 g/mol. The van der Waals surface area contributed by atoms with Crippen LogP contribution in [-0.2, 0) is 5.60 Å². The highest BCUT2D eigenvalue weighted by Crippen LogP contribution is 2.51. The molecule has 0 radical (unpaired) electrons. The monoisotopic (exact) mass is 349 g/mol. The molecule has 1 aromatic carbocycles. The summed E-state index contributed by atoms with van der Waals surface area (Å²) in [7, 11) is 0. The molecule has 1 aliphatic carbocycles. The summed E-state index contributed by atoms with van der Waals surface area (Å²) in [5.41, 5.74) is -0.952. The van der Waals surface area contributed by atoms with Crippen LogP contribution in [0.2, 0.25) is 0 Å². The van der Waals surface area contributed by atoms with E-state index in [-0.39, 0.29) is 0 Å². The molecule has 0 aromatic heterocycles. The lowest BCUT2D eigenvalue weighted by molar-refractivity contribution is -0.0721. The average Bonchev–Trinajstić information content (AvgIpc) is 2.47. The predicted molar refractivity (Wildman–Crippen MR) is 88.6 cm³/mol. The Balaban J connectivity index is 2.28. The van der Waals surface area contributed by atoms with E-state index >= 15 is 0 Å². The van der Waals surface area contributed by atoms with Crippen molar-refractivity contribution in [3.05, 3.63) is 34.3 Å². The van der Waals surface area contributed by atoms with E-state index < -0.39 is 11.0 Å². The van der Waals surface area contributed by atoms with Gasteiger partial charge in [0.15, 0.2) is 0 Å². The molecule has 0 heterocycles. The molecule has 1 N–H and O–H groups in total. The van der Waals surface area contributed by atoms with Crippen molar-refractivity contribution in [2.75, 3.05) is 0 Å². The maximum Gasteiger partial charge on any atom is 0.105 e. The number of rotatable bonds is 3. The van der Waals surface area contributed by atoms with E-state index in [9.17, 15) is 10.4 Å². The van der Waals surface area contributed by atoms with Crippen LogP contribution in [0.5, 0.6) is 0 Å². The molecular formula is C18H24BrNO. The van der Waals surface area contributed by atoms with Gasteiger partial charge in [-0.2, -0.15) is 5.26 Å². The van der Waals surface area contributed by atoms with Gasteiger partial charge in [0.2, 0.25) is 0 Å². The summed E-state index contributed by atoms with van der Waals surface area (Å²) in [5, 5.41) is 20.9. The molecule has 0 spiro atoms. The number of nitriles is 1. The Kier molecular flexibility index (Phi) is 4.80. The second-order valence-electron chi connectivity index (χ2n) is 6.85. The van der Waals surface area contributed by atoms with Gasteiger partial charge in [0.25, 0.3) is 0 Å². The summed E-state index contributed by atoms with van der Waals surface area (Å²) in [6.07, 6.45) is 3.60. The van der Waals surface area contributed by atoms with Crippen LogP contribution in [-0.4, -0.2) is 5.11 Å². The van der Waals surface area contributed by atoms with E-state index in [1.165, 1.54) is 0 Å². The zero-order valence-corrected chi connectivity index (χ0v) is 14.7. The molecule has 1 atom stereocenters. The molecule has 0 bridgehead atoms. The molecule has 1 aliphatic rings. The Morgan fingerprint density at radius 2 is 1.81 bits per heavy atom. The third-order valence-corrected chi connectivity index (χ3v) is 5.91. The standard InChI is InChI=1S/C18H24BrNO/c1-13(2)14-8-10-18(12-20,11-9-14)17(3,21)15-4-6-16(19)7-5-15/h4-7,13-14,21H,8-11H2,1-3H3. The minimum absolute atomic E-state index is 0.652. The third kappa shape index (κ3) is 3.03. The fourth-order valence-corrected chi connectivity index (χ4v) is 3.82. The van der Waals surface area contributed by atoms with Gasteiger partial charge in [0.1, 0.15) is 5.60 Å². The van der Waals surface area contributed by atoms with Gasteiger partial charge in [0, 0.05) is 4.47 Å². The van der Waals surface area contributed by atoms with Gasteiger partial charge in [-0.25, -0.2) is 0 Å². The molecule has 0 amide bonds. The van der Waals surface area contributed by atoms with Gasteiger partial charge in [-0.3, -0.25) is 0 Å². The molecule has 114 valence electrons. The predicted octanol–water partition coefficient (Wildman–Crippen LogP) is 5.01. The highest BCUT2D eigenvalue weighted by atomic mass is 79.9. The lowest BCUT2D eigenvalue weighted by Gasteiger charge is -2.45. The Morgan fingerprint density at radius 3 is 2.24 bits per heavy atom. The largest absolute Gasteiger partial charge is 0.384 e. The minimum Gasteiger partial charge on any atom is -0.384 e. The van der Waals surface area contributed by atoms with Crippen molar-refractivity contribution in [1.29, 1.82) is 5.26 Å². The summed E-state index contributed by atoms with van der Waals surface area (Å²) in [4.78, 5) is 0. The van der Waals surface area contributed by atoms with Crippen molar-refractivity contribution in [3.8, 4) is 6.07 Å². The number of aliphatic hydroxyl groups is 1. The molecule has 0 aliphatic heterocycles. The Hall–Kier alpha value is -0.850. The third-order valence-electron chi connectivity index (χ3n) is 5.38. The fraction of sp³-hybridized carbons (Fsp3) is 0.611. The van der Waals surface area contributed by atoms with E-state index in [1.54, 1.807) is 6.92 Å². The number of halogens is 1. The lowest BCUT2D eigenvalue weighted by Crippen LogP contribution is -2.45. The van der Waals surface area contributed by atoms with E-state index in [4.69, 9.17) is 0 Å². The quantitative estimate of drug-likeness (QED) is 0.832. The number of hydrogen-bond donors (Lipinski definition) is 1. The van der Waals surface area contributed by atoms with E-state index in [1.807, 2.05) is 24.3 Å². The van der Waals surface area contributed by atoms with Crippen LogP contribution >= 0.6 is 15.9 Å².